The van der Waals surface area contributed by atoms with Crippen molar-refractivity contribution in [3.63, 3.8) is 0 Å². The number of carbonyl (C=O) groups is 1. The highest BCUT2D eigenvalue weighted by Gasteiger charge is 2.36. The van der Waals surface area contributed by atoms with Gasteiger partial charge in [0, 0.05) is 66.0 Å². The van der Waals surface area contributed by atoms with E-state index in [0.29, 0.717) is 35.6 Å². The Morgan fingerprint density at radius 1 is 1.14 bits per heavy atom. The number of rotatable bonds is 5. The first-order valence-electron chi connectivity index (χ1n) is 11.8. The molecule has 4 aromatic rings. The minimum atomic E-state index is -0.330. The predicted octanol–water partition coefficient (Wildman–Crippen LogP) is 3.84. The van der Waals surface area contributed by atoms with Crippen molar-refractivity contribution in [1.82, 2.24) is 34.5 Å². The second-order valence-electron chi connectivity index (χ2n) is 9.15. The maximum atomic E-state index is 14.1. The Labute approximate surface area is 206 Å². The number of nitrogens with zero attached hydrogens (tertiary/aromatic N) is 6. The first-order valence-corrected chi connectivity index (χ1v) is 13.0. The fourth-order valence-electron chi connectivity index (χ4n) is 5.13. The van der Waals surface area contributed by atoms with E-state index in [1.165, 1.54) is 17.8 Å². The maximum Gasteiger partial charge on any atom is 0.253 e. The van der Waals surface area contributed by atoms with Gasteiger partial charge in [0.05, 0.1) is 17.9 Å². The standard InChI is InChI=1S/C25H26FN7OS/c1-35-22-3-2-16(10-21(22)26)25(34)31-8-5-18(6-9-31)32-13-19(14-32)33-12-17(11-30-33)23-20-4-7-27-24(20)29-15-28-23/h2-4,7,10-12,15,18-19H,5-6,8-9,13-14H2,1H3,(H,27,28,29). The van der Waals surface area contributed by atoms with Gasteiger partial charge in [-0.05, 0) is 43.4 Å². The summed E-state index contributed by atoms with van der Waals surface area (Å²) in [5.74, 6) is -0.411. The Balaban J connectivity index is 1.04. The Morgan fingerprint density at radius 3 is 2.74 bits per heavy atom. The number of nitrogens with one attached hydrogen (secondary N) is 1. The Morgan fingerprint density at radius 2 is 1.97 bits per heavy atom. The number of aromatic amines is 1. The number of aromatic nitrogens is 5. The smallest absolute Gasteiger partial charge is 0.253 e. The second-order valence-corrected chi connectivity index (χ2v) is 10.00. The van der Waals surface area contributed by atoms with E-state index in [1.807, 2.05) is 34.3 Å². The molecule has 10 heteroatoms. The van der Waals surface area contributed by atoms with Crippen LogP contribution < -0.4 is 0 Å². The van der Waals surface area contributed by atoms with Crippen molar-refractivity contribution < 1.29 is 9.18 Å². The van der Waals surface area contributed by atoms with E-state index in [2.05, 4.69) is 31.1 Å². The zero-order chi connectivity index (χ0) is 23.9. The van der Waals surface area contributed by atoms with Crippen LogP contribution in [0.25, 0.3) is 22.3 Å². The number of hydrogen-bond donors (Lipinski definition) is 1. The zero-order valence-corrected chi connectivity index (χ0v) is 20.2. The molecule has 1 N–H and O–H groups in total. The van der Waals surface area contributed by atoms with Crippen LogP contribution in [-0.4, -0.2) is 78.9 Å². The van der Waals surface area contributed by atoms with Crippen molar-refractivity contribution in [2.75, 3.05) is 32.4 Å². The second kappa shape index (κ2) is 9.09. The summed E-state index contributed by atoms with van der Waals surface area (Å²) in [4.78, 5) is 29.6. The van der Waals surface area contributed by atoms with E-state index in [0.717, 1.165) is 48.2 Å². The Kier molecular flexibility index (Phi) is 5.77. The molecule has 2 fully saturated rings. The third-order valence-electron chi connectivity index (χ3n) is 7.16. The average molecular weight is 492 g/mol. The first-order chi connectivity index (χ1) is 17.1. The number of benzene rings is 1. The zero-order valence-electron chi connectivity index (χ0n) is 19.4. The molecule has 1 amide bonds. The van der Waals surface area contributed by atoms with Crippen molar-refractivity contribution in [1.29, 1.82) is 0 Å². The average Bonchev–Trinajstić information content (AvgIpc) is 3.53. The molecule has 8 nitrogen and oxygen atoms in total. The van der Waals surface area contributed by atoms with Crippen LogP contribution in [0.4, 0.5) is 4.39 Å². The van der Waals surface area contributed by atoms with Crippen LogP contribution >= 0.6 is 11.8 Å². The number of thioether (sulfide) groups is 1. The largest absolute Gasteiger partial charge is 0.346 e. The van der Waals surface area contributed by atoms with Crippen LogP contribution in [0.5, 0.6) is 0 Å². The van der Waals surface area contributed by atoms with Crippen molar-refractivity contribution in [2.24, 2.45) is 0 Å². The molecule has 0 spiro atoms. The quantitative estimate of drug-likeness (QED) is 0.427. The Bertz CT molecular complexity index is 1370. The molecule has 6 rings (SSSR count). The molecule has 2 aliphatic rings. The highest BCUT2D eigenvalue weighted by molar-refractivity contribution is 7.98. The highest BCUT2D eigenvalue weighted by atomic mass is 32.2. The van der Waals surface area contributed by atoms with Crippen LogP contribution in [-0.2, 0) is 0 Å². The lowest BCUT2D eigenvalue weighted by Gasteiger charge is -2.47. The maximum absolute atomic E-state index is 14.1. The van der Waals surface area contributed by atoms with Crippen LogP contribution in [0.15, 0.2) is 54.1 Å². The van der Waals surface area contributed by atoms with Gasteiger partial charge in [-0.2, -0.15) is 5.10 Å². The van der Waals surface area contributed by atoms with E-state index in [1.54, 1.807) is 18.5 Å². The summed E-state index contributed by atoms with van der Waals surface area (Å²) in [6.07, 6.45) is 11.1. The van der Waals surface area contributed by atoms with Gasteiger partial charge in [0.25, 0.3) is 5.91 Å². The summed E-state index contributed by atoms with van der Waals surface area (Å²) >= 11 is 1.34. The van der Waals surface area contributed by atoms with Crippen LogP contribution in [0.1, 0.15) is 29.2 Å². The molecule has 0 atom stereocenters. The summed E-state index contributed by atoms with van der Waals surface area (Å²) in [7, 11) is 0. The number of hydrogen-bond acceptors (Lipinski definition) is 6. The molecule has 0 bridgehead atoms. The van der Waals surface area contributed by atoms with E-state index in [-0.39, 0.29) is 11.7 Å². The number of likely N-dealkylation sites (tertiary alicyclic amines) is 2. The SMILES string of the molecule is CSc1ccc(C(=O)N2CCC(N3CC(n4cc(-c5ncnc6[nH]ccc56)cn4)C3)CC2)cc1F. The van der Waals surface area contributed by atoms with Gasteiger partial charge >= 0.3 is 0 Å². The van der Waals surface area contributed by atoms with Gasteiger partial charge in [-0.25, -0.2) is 14.4 Å². The third-order valence-corrected chi connectivity index (χ3v) is 7.93. The molecular weight excluding hydrogens is 465 g/mol. The molecule has 2 aliphatic heterocycles. The van der Waals surface area contributed by atoms with Crippen LogP contribution in [0, 0.1) is 5.82 Å². The van der Waals surface area contributed by atoms with Crippen LogP contribution in [0.3, 0.4) is 0 Å². The molecule has 35 heavy (non-hydrogen) atoms. The van der Waals surface area contributed by atoms with Crippen molar-refractivity contribution in [3.8, 4) is 11.3 Å². The van der Waals surface area contributed by atoms with Gasteiger partial charge in [0.15, 0.2) is 0 Å². The fraction of sp³-hybridized carbons (Fsp3) is 0.360. The number of fused-ring (bicyclic) bond motifs is 1. The summed E-state index contributed by atoms with van der Waals surface area (Å²) in [5.41, 5.74) is 3.13. The molecule has 0 radical (unpaired) electrons. The summed E-state index contributed by atoms with van der Waals surface area (Å²) in [6.45, 7) is 3.29. The number of piperidine rings is 1. The van der Waals surface area contributed by atoms with E-state index >= 15 is 0 Å². The highest BCUT2D eigenvalue weighted by Crippen LogP contribution is 2.31. The van der Waals surface area contributed by atoms with E-state index < -0.39 is 0 Å². The number of halogens is 1. The molecule has 0 aliphatic carbocycles. The minimum Gasteiger partial charge on any atom is -0.346 e. The van der Waals surface area contributed by atoms with Gasteiger partial charge in [-0.15, -0.1) is 11.8 Å². The summed E-state index contributed by atoms with van der Waals surface area (Å²) in [6, 6.07) is 7.56. The number of carbonyl (C=O) groups excluding carboxylic acids is 1. The lowest BCUT2D eigenvalue weighted by atomic mass is 9.97. The molecule has 0 saturated carbocycles. The lowest BCUT2D eigenvalue weighted by molar-refractivity contribution is 0.0197. The molecule has 2 saturated heterocycles. The van der Waals surface area contributed by atoms with Crippen molar-refractivity contribution in [3.05, 3.63) is 60.6 Å². The van der Waals surface area contributed by atoms with Crippen LogP contribution in [0.2, 0.25) is 0 Å². The fourth-order valence-corrected chi connectivity index (χ4v) is 5.59. The summed E-state index contributed by atoms with van der Waals surface area (Å²) < 4.78 is 16.2. The third kappa shape index (κ3) is 4.10. The van der Waals surface area contributed by atoms with Crippen molar-refractivity contribution >= 4 is 28.7 Å². The van der Waals surface area contributed by atoms with E-state index in [9.17, 15) is 9.18 Å². The van der Waals surface area contributed by atoms with E-state index in [4.69, 9.17) is 0 Å². The van der Waals surface area contributed by atoms with Gasteiger partial charge in [0.2, 0.25) is 0 Å². The Hall–Kier alpha value is -3.24. The summed E-state index contributed by atoms with van der Waals surface area (Å²) in [5, 5.41) is 5.60. The molecule has 3 aromatic heterocycles. The lowest BCUT2D eigenvalue weighted by Crippen LogP contribution is -2.56. The van der Waals surface area contributed by atoms with Gasteiger partial charge in [0.1, 0.15) is 17.8 Å². The normalized spacial score (nSPS) is 17.7. The van der Waals surface area contributed by atoms with Gasteiger partial charge in [-0.1, -0.05) is 0 Å². The molecule has 180 valence electrons. The molecule has 5 heterocycles. The molecule has 0 unspecified atom stereocenters. The topological polar surface area (TPSA) is 82.9 Å². The van der Waals surface area contributed by atoms with Gasteiger partial charge < -0.3 is 9.88 Å². The predicted molar refractivity (Wildman–Crippen MR) is 133 cm³/mol. The minimum absolute atomic E-state index is 0.0817. The first kappa shape index (κ1) is 22.2. The number of H-pyrrole nitrogens is 1. The monoisotopic (exact) mass is 491 g/mol. The van der Waals surface area contributed by atoms with Gasteiger partial charge in [-0.3, -0.25) is 14.4 Å². The number of amides is 1. The molecule has 1 aromatic carbocycles. The molecular formula is C25H26FN7OS. The van der Waals surface area contributed by atoms with Crippen molar-refractivity contribution in [2.45, 2.75) is 29.8 Å².